The van der Waals surface area contributed by atoms with E-state index in [1.807, 2.05) is 7.05 Å². The molecule has 4 nitrogen and oxygen atoms in total. The van der Waals surface area contributed by atoms with Crippen LogP contribution in [0.5, 0.6) is 0 Å². The Morgan fingerprint density at radius 3 is 2.70 bits per heavy atom. The Morgan fingerprint density at radius 2 is 2.40 bits per heavy atom. The van der Waals surface area contributed by atoms with Gasteiger partial charge in [-0.15, -0.1) is 0 Å². The molecule has 0 radical (unpaired) electrons. The van der Waals surface area contributed by atoms with Crippen molar-refractivity contribution >= 4 is 0 Å². The summed E-state index contributed by atoms with van der Waals surface area (Å²) in [6.45, 7) is 0. The fraction of sp³-hybridized carbons (Fsp3) is 1.00. The second kappa shape index (κ2) is 3.30. The summed E-state index contributed by atoms with van der Waals surface area (Å²) < 4.78 is 5.08. The van der Waals surface area contributed by atoms with Gasteiger partial charge in [-0.2, -0.15) is 0 Å². The van der Waals surface area contributed by atoms with Crippen LogP contribution < -0.4 is 11.2 Å². The maximum atomic E-state index is 5.08. The van der Waals surface area contributed by atoms with Gasteiger partial charge in [-0.1, -0.05) is 0 Å². The summed E-state index contributed by atoms with van der Waals surface area (Å²) in [5, 5.41) is 2.95. The topological polar surface area (TPSA) is 56.5 Å². The fourth-order valence-electron chi connectivity index (χ4n) is 1.16. The van der Waals surface area contributed by atoms with Crippen molar-refractivity contribution in [1.29, 1.82) is 0 Å². The lowest BCUT2D eigenvalue weighted by atomic mass is 10.4. The number of nitrogens with one attached hydrogen (secondary N) is 1. The van der Waals surface area contributed by atoms with Crippen molar-refractivity contribution in [2.24, 2.45) is 11.8 Å². The smallest absolute Gasteiger partial charge is 0.134 e. The van der Waals surface area contributed by atoms with E-state index in [4.69, 9.17) is 10.6 Å². The van der Waals surface area contributed by atoms with E-state index in [0.29, 0.717) is 12.0 Å². The number of hydrogen-bond acceptors (Lipinski definition) is 4. The van der Waals surface area contributed by atoms with Gasteiger partial charge in [0, 0.05) is 13.0 Å². The van der Waals surface area contributed by atoms with Crippen molar-refractivity contribution in [3.8, 4) is 0 Å². The molecule has 3 N–H and O–H groups in total. The van der Waals surface area contributed by atoms with Crippen LogP contribution in [0.2, 0.25) is 0 Å². The highest BCUT2D eigenvalue weighted by Crippen LogP contribution is 2.35. The second-order valence-corrected chi connectivity index (χ2v) is 2.52. The van der Waals surface area contributed by atoms with Crippen molar-refractivity contribution in [2.75, 3.05) is 14.2 Å². The number of methoxy groups -OCH3 is 1. The molecular weight excluding hydrogens is 132 g/mol. The average molecular weight is 146 g/mol. The molecule has 1 aliphatic carbocycles. The normalized spacial score (nSPS) is 33.9. The van der Waals surface area contributed by atoms with E-state index in [0.717, 1.165) is 6.42 Å². The summed E-state index contributed by atoms with van der Waals surface area (Å²) in [5.74, 6) is 5.45. The van der Waals surface area contributed by atoms with Gasteiger partial charge in [0.1, 0.15) is 6.23 Å². The van der Waals surface area contributed by atoms with Gasteiger partial charge in [0.25, 0.3) is 0 Å². The second-order valence-electron chi connectivity index (χ2n) is 2.52. The van der Waals surface area contributed by atoms with Crippen LogP contribution in [0, 0.1) is 5.92 Å². The molecule has 0 amide bonds. The molecular formula is C6H14N2O2. The first-order valence-corrected chi connectivity index (χ1v) is 3.39. The standard InChI is InChI=1S/C6H14N2O2/c1-8-6(10-7)4-3-5(4)9-2/h4-6,8H,3,7H2,1-2H3. The molecule has 0 aliphatic heterocycles. The van der Waals surface area contributed by atoms with Crippen molar-refractivity contribution < 1.29 is 9.57 Å². The SMILES string of the molecule is CNC(ON)C1CC1OC. The number of nitrogens with two attached hydrogens (primary N) is 1. The Kier molecular flexibility index (Phi) is 2.62. The van der Waals surface area contributed by atoms with Crippen LogP contribution in [0.4, 0.5) is 0 Å². The predicted molar refractivity (Wildman–Crippen MR) is 37.0 cm³/mol. The Bertz CT molecular complexity index is 106. The third-order valence-corrected chi connectivity index (χ3v) is 1.90. The zero-order valence-corrected chi connectivity index (χ0v) is 6.33. The molecule has 3 atom stereocenters. The molecule has 1 rings (SSSR count). The first-order valence-electron chi connectivity index (χ1n) is 3.39. The first-order chi connectivity index (χ1) is 4.83. The maximum Gasteiger partial charge on any atom is 0.134 e. The molecule has 1 fully saturated rings. The maximum absolute atomic E-state index is 5.08. The summed E-state index contributed by atoms with van der Waals surface area (Å²) in [7, 11) is 3.52. The number of ether oxygens (including phenoxy) is 1. The van der Waals surface area contributed by atoms with Gasteiger partial charge in [0.15, 0.2) is 0 Å². The highest BCUT2D eigenvalue weighted by atomic mass is 16.6. The lowest BCUT2D eigenvalue weighted by molar-refractivity contribution is 0.00433. The fourth-order valence-corrected chi connectivity index (χ4v) is 1.16. The molecule has 0 aromatic heterocycles. The summed E-state index contributed by atoms with van der Waals surface area (Å²) in [4.78, 5) is 4.66. The monoisotopic (exact) mass is 146 g/mol. The molecule has 0 aromatic rings. The van der Waals surface area contributed by atoms with Gasteiger partial charge in [0.2, 0.25) is 0 Å². The van der Waals surface area contributed by atoms with Gasteiger partial charge in [-0.3, -0.25) is 10.2 Å². The van der Waals surface area contributed by atoms with Crippen molar-refractivity contribution in [3.05, 3.63) is 0 Å². The molecule has 10 heavy (non-hydrogen) atoms. The van der Waals surface area contributed by atoms with Crippen LogP contribution in [-0.4, -0.2) is 26.5 Å². The largest absolute Gasteiger partial charge is 0.381 e. The van der Waals surface area contributed by atoms with Gasteiger partial charge < -0.3 is 4.74 Å². The minimum Gasteiger partial charge on any atom is -0.381 e. The van der Waals surface area contributed by atoms with E-state index in [9.17, 15) is 0 Å². The third kappa shape index (κ3) is 1.46. The zero-order chi connectivity index (χ0) is 7.56. The van der Waals surface area contributed by atoms with E-state index in [1.54, 1.807) is 7.11 Å². The first kappa shape index (κ1) is 7.94. The average Bonchev–Trinajstić information content (AvgIpc) is 2.70. The highest BCUT2D eigenvalue weighted by Gasteiger charge is 2.43. The van der Waals surface area contributed by atoms with E-state index >= 15 is 0 Å². The molecule has 0 bridgehead atoms. The molecule has 1 aliphatic rings. The van der Waals surface area contributed by atoms with Crippen LogP contribution in [0.1, 0.15) is 6.42 Å². The molecule has 0 saturated heterocycles. The Hall–Kier alpha value is -0.160. The lowest BCUT2D eigenvalue weighted by Crippen LogP contribution is -2.34. The van der Waals surface area contributed by atoms with Crippen molar-refractivity contribution in [3.63, 3.8) is 0 Å². The zero-order valence-electron chi connectivity index (χ0n) is 6.33. The highest BCUT2D eigenvalue weighted by molar-refractivity contribution is 4.91. The van der Waals surface area contributed by atoms with E-state index < -0.39 is 0 Å². The Morgan fingerprint density at radius 1 is 1.70 bits per heavy atom. The van der Waals surface area contributed by atoms with E-state index in [-0.39, 0.29) is 6.23 Å². The molecule has 0 spiro atoms. The molecule has 4 heteroatoms. The van der Waals surface area contributed by atoms with Crippen LogP contribution >= 0.6 is 0 Å². The lowest BCUT2D eigenvalue weighted by Gasteiger charge is -2.11. The summed E-state index contributed by atoms with van der Waals surface area (Å²) >= 11 is 0. The number of hydrogen-bond donors (Lipinski definition) is 2. The Labute approximate surface area is 60.6 Å². The van der Waals surface area contributed by atoms with Gasteiger partial charge >= 0.3 is 0 Å². The minimum absolute atomic E-state index is 0.0510. The van der Waals surface area contributed by atoms with Crippen LogP contribution in [0.3, 0.4) is 0 Å². The molecule has 1 saturated carbocycles. The number of rotatable bonds is 4. The molecule has 0 heterocycles. The summed E-state index contributed by atoms with van der Waals surface area (Å²) in [6, 6.07) is 0. The Balaban J connectivity index is 2.22. The summed E-state index contributed by atoms with van der Waals surface area (Å²) in [6.07, 6.45) is 1.32. The van der Waals surface area contributed by atoms with Crippen LogP contribution in [-0.2, 0) is 9.57 Å². The third-order valence-electron chi connectivity index (χ3n) is 1.90. The van der Waals surface area contributed by atoms with Crippen LogP contribution in [0.15, 0.2) is 0 Å². The quantitative estimate of drug-likeness (QED) is 0.413. The van der Waals surface area contributed by atoms with Gasteiger partial charge in [-0.25, -0.2) is 5.90 Å². The van der Waals surface area contributed by atoms with Gasteiger partial charge in [-0.05, 0) is 13.5 Å². The van der Waals surface area contributed by atoms with Crippen molar-refractivity contribution in [1.82, 2.24) is 5.32 Å². The van der Waals surface area contributed by atoms with E-state index in [1.165, 1.54) is 0 Å². The molecule has 3 unspecified atom stereocenters. The van der Waals surface area contributed by atoms with Gasteiger partial charge in [0.05, 0.1) is 6.10 Å². The summed E-state index contributed by atoms with van der Waals surface area (Å²) in [5.41, 5.74) is 0. The van der Waals surface area contributed by atoms with E-state index in [2.05, 4.69) is 10.2 Å². The molecule has 0 aromatic carbocycles. The minimum atomic E-state index is -0.0510. The van der Waals surface area contributed by atoms with Crippen molar-refractivity contribution in [2.45, 2.75) is 18.8 Å². The predicted octanol–water partition coefficient (Wildman–Crippen LogP) is -0.543. The molecule has 60 valence electrons. The van der Waals surface area contributed by atoms with Crippen LogP contribution in [0.25, 0.3) is 0 Å².